The predicted octanol–water partition coefficient (Wildman–Crippen LogP) is -4.09. The summed E-state index contributed by atoms with van der Waals surface area (Å²) >= 11 is 0. The summed E-state index contributed by atoms with van der Waals surface area (Å²) in [6.07, 6.45) is 1.18. The molecule has 250 valence electrons. The summed E-state index contributed by atoms with van der Waals surface area (Å²) in [4.78, 5) is 70.2. The van der Waals surface area contributed by atoms with Gasteiger partial charge < -0.3 is 21.3 Å². The SMILES string of the molecule is CC(N)CONC(=O)[C@@H]1CC[C@@H]2CN1C(=O)N2OS(=O)(=O)O.NC(=O)CONC(=O)[C@@H]1CC[C@@H]2CN1C(=O)N2OS(=O)(=O)O. The topological polar surface area (TPSA) is 320 Å². The average molecular weight is 677 g/mol. The molecular weight excluding hydrogens is 644 g/mol. The van der Waals surface area contributed by atoms with Crippen LogP contribution in [0.1, 0.15) is 32.6 Å². The minimum absolute atomic E-state index is 0.0578. The number of rotatable bonds is 12. The number of amides is 7. The van der Waals surface area contributed by atoms with E-state index in [1.807, 2.05) is 5.48 Å². The molecule has 4 aliphatic heterocycles. The van der Waals surface area contributed by atoms with Gasteiger partial charge in [-0.15, -0.1) is 8.57 Å². The Hall–Kier alpha value is -3.43. The molecule has 1 unspecified atom stereocenters. The Labute approximate surface area is 250 Å². The van der Waals surface area contributed by atoms with Gasteiger partial charge in [-0.1, -0.05) is 0 Å². The first-order valence-electron chi connectivity index (χ1n) is 12.8. The van der Waals surface area contributed by atoms with Crippen LogP contribution in [-0.2, 0) is 53.4 Å². The second-order valence-corrected chi connectivity index (χ2v) is 12.0. The molecule has 4 rings (SSSR count). The molecule has 0 radical (unpaired) electrons. The number of hydroxylamine groups is 6. The number of carbonyl (C=O) groups excluding carboxylic acids is 5. The van der Waals surface area contributed by atoms with Crippen LogP contribution in [0.25, 0.3) is 0 Å². The van der Waals surface area contributed by atoms with Crippen molar-refractivity contribution >= 4 is 50.6 Å². The van der Waals surface area contributed by atoms with Crippen LogP contribution in [-0.4, -0.2) is 132 Å². The Balaban J connectivity index is 0.000000240. The molecule has 4 saturated heterocycles. The first-order valence-corrected chi connectivity index (χ1v) is 15.5. The lowest BCUT2D eigenvalue weighted by Gasteiger charge is -2.28. The van der Waals surface area contributed by atoms with Crippen LogP contribution in [0.2, 0.25) is 0 Å². The van der Waals surface area contributed by atoms with Gasteiger partial charge in [0.05, 0.1) is 18.7 Å². The number of carbonyl (C=O) groups is 5. The molecule has 0 aromatic carbocycles. The van der Waals surface area contributed by atoms with Crippen molar-refractivity contribution in [1.82, 2.24) is 30.9 Å². The Morgan fingerprint density at radius 1 is 0.841 bits per heavy atom. The van der Waals surface area contributed by atoms with E-state index < -0.39 is 81.4 Å². The van der Waals surface area contributed by atoms with Gasteiger partial charge in [0.1, 0.15) is 12.1 Å². The van der Waals surface area contributed by atoms with Crippen LogP contribution >= 0.6 is 0 Å². The minimum atomic E-state index is -4.84. The Bertz CT molecular complexity index is 1350. The molecule has 0 aromatic heterocycles. The molecule has 8 N–H and O–H groups in total. The van der Waals surface area contributed by atoms with Gasteiger partial charge in [0.25, 0.3) is 11.8 Å². The maximum Gasteiger partial charge on any atom is 0.418 e. The molecule has 23 nitrogen and oxygen atoms in total. The smallest absolute Gasteiger partial charge is 0.368 e. The Morgan fingerprint density at radius 3 is 1.61 bits per heavy atom. The second-order valence-electron chi connectivity index (χ2n) is 10.00. The summed E-state index contributed by atoms with van der Waals surface area (Å²) in [6.45, 7) is 1.48. The van der Waals surface area contributed by atoms with E-state index in [1.54, 1.807) is 6.92 Å². The quantitative estimate of drug-likeness (QED) is 0.0845. The third-order valence-electron chi connectivity index (χ3n) is 6.51. The summed E-state index contributed by atoms with van der Waals surface area (Å²) in [5.41, 5.74) is 14.5. The van der Waals surface area contributed by atoms with E-state index in [0.29, 0.717) is 23.0 Å². The summed E-state index contributed by atoms with van der Waals surface area (Å²) in [5.74, 6) is -1.99. The van der Waals surface area contributed by atoms with Gasteiger partial charge >= 0.3 is 32.9 Å². The molecule has 0 aliphatic carbocycles. The van der Waals surface area contributed by atoms with Gasteiger partial charge in [0.15, 0.2) is 6.61 Å². The third kappa shape index (κ3) is 9.29. The number of fused-ring (bicyclic) bond motifs is 4. The zero-order valence-corrected chi connectivity index (χ0v) is 24.6. The van der Waals surface area contributed by atoms with Crippen LogP contribution in [0.5, 0.6) is 0 Å². The van der Waals surface area contributed by atoms with E-state index in [-0.39, 0.29) is 38.6 Å². The van der Waals surface area contributed by atoms with Gasteiger partial charge in [0.2, 0.25) is 5.91 Å². The van der Waals surface area contributed by atoms with Crippen LogP contribution < -0.4 is 22.4 Å². The van der Waals surface area contributed by atoms with Crippen molar-refractivity contribution in [3.63, 3.8) is 0 Å². The molecule has 5 atom stereocenters. The molecule has 7 amide bonds. The van der Waals surface area contributed by atoms with Gasteiger partial charge in [-0.05, 0) is 32.6 Å². The summed E-state index contributed by atoms with van der Waals surface area (Å²) in [7, 11) is -9.64. The predicted molar refractivity (Wildman–Crippen MR) is 138 cm³/mol. The lowest BCUT2D eigenvalue weighted by atomic mass is 10.0. The number of hydrogen-bond donors (Lipinski definition) is 6. The van der Waals surface area contributed by atoms with Crippen molar-refractivity contribution in [3.8, 4) is 0 Å². The zero-order chi connectivity index (χ0) is 33.0. The highest BCUT2D eigenvalue weighted by Gasteiger charge is 2.50. The zero-order valence-electron chi connectivity index (χ0n) is 23.0. The number of primary amides is 1. The van der Waals surface area contributed by atoms with Crippen molar-refractivity contribution in [2.75, 3.05) is 26.3 Å². The molecule has 0 spiro atoms. The lowest BCUT2D eigenvalue weighted by Crippen LogP contribution is -2.50. The maximum atomic E-state index is 12.1. The molecular formula is C19H32N8O15S2. The molecule has 4 heterocycles. The molecule has 25 heteroatoms. The molecule has 0 saturated carbocycles. The molecule has 0 aromatic rings. The number of hydrogen-bond acceptors (Lipinski definition) is 14. The first kappa shape index (κ1) is 35.1. The van der Waals surface area contributed by atoms with Crippen LogP contribution in [0.3, 0.4) is 0 Å². The van der Waals surface area contributed by atoms with Crippen molar-refractivity contribution in [1.29, 1.82) is 0 Å². The number of nitrogens with one attached hydrogen (secondary N) is 2. The highest BCUT2D eigenvalue weighted by Crippen LogP contribution is 2.31. The summed E-state index contributed by atoms with van der Waals surface area (Å²) in [5, 5.41) is 1.10. The number of urea groups is 2. The van der Waals surface area contributed by atoms with Crippen molar-refractivity contribution in [2.45, 2.75) is 62.8 Å². The number of nitrogens with two attached hydrogens (primary N) is 2. The van der Waals surface area contributed by atoms with Crippen molar-refractivity contribution < 1.29 is 68.2 Å². The largest absolute Gasteiger partial charge is 0.418 e. The normalized spacial score (nSPS) is 25.4. The fourth-order valence-corrected chi connectivity index (χ4v) is 5.54. The average Bonchev–Trinajstić information content (AvgIpc) is 3.27. The van der Waals surface area contributed by atoms with Crippen LogP contribution in [0, 0.1) is 0 Å². The van der Waals surface area contributed by atoms with E-state index in [4.69, 9.17) is 25.4 Å². The van der Waals surface area contributed by atoms with Crippen LogP contribution in [0.4, 0.5) is 9.59 Å². The minimum Gasteiger partial charge on any atom is -0.368 e. The van der Waals surface area contributed by atoms with Gasteiger partial charge in [-0.25, -0.2) is 20.5 Å². The van der Waals surface area contributed by atoms with Crippen molar-refractivity contribution in [2.24, 2.45) is 11.5 Å². The van der Waals surface area contributed by atoms with Gasteiger partial charge in [0, 0.05) is 19.1 Å². The molecule has 44 heavy (non-hydrogen) atoms. The monoisotopic (exact) mass is 676 g/mol. The molecule has 4 aliphatic rings. The number of nitrogens with zero attached hydrogens (tertiary/aromatic N) is 4. The van der Waals surface area contributed by atoms with E-state index >= 15 is 0 Å². The molecule has 4 fully saturated rings. The highest BCUT2D eigenvalue weighted by atomic mass is 32.3. The highest BCUT2D eigenvalue weighted by molar-refractivity contribution is 7.81. The summed E-state index contributed by atoms with van der Waals surface area (Å²) in [6, 6.07) is -4.77. The van der Waals surface area contributed by atoms with E-state index in [9.17, 15) is 40.8 Å². The van der Waals surface area contributed by atoms with Gasteiger partial charge in [-0.2, -0.15) is 27.0 Å². The summed E-state index contributed by atoms with van der Waals surface area (Å²) < 4.78 is 68.7. The van der Waals surface area contributed by atoms with Crippen LogP contribution in [0.15, 0.2) is 0 Å². The number of piperidine rings is 2. The van der Waals surface area contributed by atoms with E-state index in [2.05, 4.69) is 18.9 Å². The fraction of sp³-hybridized carbons (Fsp3) is 0.737. The standard InChI is InChI=1S/C10H18N4O7S.C9H14N4O8S/c1-6(11)5-20-12-9(15)8-3-2-7-4-13(8)10(16)14(7)21-22(17,18)19;10-7(14)4-20-11-8(15)6-2-1-5-3-12(6)9(16)13(5)21-22(17,18)19/h6-8H,2-5,11H2,1H3,(H,12,15)(H,17,18,19);5-6H,1-4H2,(H2,10,14)(H,11,15)(H,17,18,19)/t6?,7-,8+;5-,6+/m11/s1. The third-order valence-corrected chi connectivity index (χ3v) is 7.20. The lowest BCUT2D eigenvalue weighted by molar-refractivity contribution is -0.142. The van der Waals surface area contributed by atoms with Gasteiger partial charge in [-0.3, -0.25) is 33.2 Å². The maximum absolute atomic E-state index is 12.1. The molecule has 4 bridgehead atoms. The second kappa shape index (κ2) is 14.1. The Morgan fingerprint density at radius 2 is 1.25 bits per heavy atom. The van der Waals surface area contributed by atoms with E-state index in [0.717, 1.165) is 4.90 Å². The first-order chi connectivity index (χ1) is 20.4. The van der Waals surface area contributed by atoms with E-state index in [1.165, 1.54) is 4.90 Å². The Kier molecular flexibility index (Phi) is 11.2. The fourth-order valence-electron chi connectivity index (χ4n) is 4.77. The van der Waals surface area contributed by atoms with Crippen molar-refractivity contribution in [3.05, 3.63) is 0 Å².